The van der Waals surface area contributed by atoms with Crippen LogP contribution in [0.4, 0.5) is 0 Å². The van der Waals surface area contributed by atoms with Gasteiger partial charge < -0.3 is 14.4 Å². The molecule has 0 fully saturated rings. The van der Waals surface area contributed by atoms with Crippen LogP contribution in [0, 0.1) is 6.92 Å². The number of aromatic nitrogens is 2. The molecule has 98 valence electrons. The summed E-state index contributed by atoms with van der Waals surface area (Å²) in [7, 11) is 1.36. The molecule has 2 rings (SSSR count). The third-order valence-corrected chi connectivity index (χ3v) is 2.69. The molecule has 0 amide bonds. The number of methoxy groups -OCH3 is 1. The zero-order valence-electron chi connectivity index (χ0n) is 10.5. The second-order valence-corrected chi connectivity index (χ2v) is 3.87. The van der Waals surface area contributed by atoms with E-state index in [1.165, 1.54) is 17.9 Å². The topological polar surface area (TPSA) is 81.4 Å². The molecule has 0 bridgehead atoms. The van der Waals surface area contributed by atoms with Crippen molar-refractivity contribution in [3.8, 4) is 11.4 Å². The highest BCUT2D eigenvalue weighted by molar-refractivity contribution is 5.86. The molecule has 1 N–H and O–H groups in total. The summed E-state index contributed by atoms with van der Waals surface area (Å²) in [6.45, 7) is 1.76. The molecular weight excluding hydrogens is 248 g/mol. The summed E-state index contributed by atoms with van der Waals surface area (Å²) >= 11 is 0. The highest BCUT2D eigenvalue weighted by Crippen LogP contribution is 2.16. The number of ether oxygens (including phenoxy) is 1. The van der Waals surface area contributed by atoms with Crippen molar-refractivity contribution in [1.29, 1.82) is 0 Å². The first-order chi connectivity index (χ1) is 9.04. The van der Waals surface area contributed by atoms with Gasteiger partial charge in [0, 0.05) is 12.3 Å². The van der Waals surface area contributed by atoms with Gasteiger partial charge in [-0.25, -0.2) is 4.79 Å². The molecule has 0 aliphatic heterocycles. The van der Waals surface area contributed by atoms with Crippen molar-refractivity contribution in [2.45, 2.75) is 6.92 Å². The molecule has 0 aromatic carbocycles. The van der Waals surface area contributed by atoms with Crippen LogP contribution in [0.25, 0.3) is 5.69 Å². The van der Waals surface area contributed by atoms with E-state index in [1.54, 1.807) is 25.3 Å². The van der Waals surface area contributed by atoms with Crippen molar-refractivity contribution in [2.75, 3.05) is 7.11 Å². The maximum absolute atomic E-state index is 11.6. The SMILES string of the molecule is COc1cn(-c2cccnc2C)c(C(=O)O)cc1=O. The van der Waals surface area contributed by atoms with Crippen LogP contribution in [0.15, 0.2) is 35.4 Å². The predicted molar refractivity (Wildman–Crippen MR) is 68.1 cm³/mol. The highest BCUT2D eigenvalue weighted by atomic mass is 16.5. The van der Waals surface area contributed by atoms with Gasteiger partial charge in [-0.3, -0.25) is 9.78 Å². The summed E-state index contributed by atoms with van der Waals surface area (Å²) in [6, 6.07) is 4.45. The van der Waals surface area contributed by atoms with Gasteiger partial charge in [0.15, 0.2) is 5.75 Å². The van der Waals surface area contributed by atoms with Crippen molar-refractivity contribution in [3.63, 3.8) is 0 Å². The lowest BCUT2D eigenvalue weighted by Gasteiger charge is -2.13. The lowest BCUT2D eigenvalue weighted by atomic mass is 10.2. The zero-order valence-corrected chi connectivity index (χ0v) is 10.5. The number of aromatic carboxylic acids is 1. The van der Waals surface area contributed by atoms with Gasteiger partial charge in [0.1, 0.15) is 5.69 Å². The molecule has 6 heteroatoms. The summed E-state index contributed by atoms with van der Waals surface area (Å²) in [5, 5.41) is 9.18. The Bertz CT molecular complexity index is 691. The van der Waals surface area contributed by atoms with Crippen molar-refractivity contribution in [3.05, 3.63) is 52.2 Å². The molecule has 19 heavy (non-hydrogen) atoms. The molecule has 0 spiro atoms. The third-order valence-electron chi connectivity index (χ3n) is 2.69. The summed E-state index contributed by atoms with van der Waals surface area (Å²) in [6.07, 6.45) is 2.97. The second kappa shape index (κ2) is 4.93. The number of carbonyl (C=O) groups is 1. The maximum Gasteiger partial charge on any atom is 0.353 e. The number of nitrogens with zero attached hydrogens (tertiary/aromatic N) is 2. The average molecular weight is 260 g/mol. The molecule has 0 atom stereocenters. The Balaban J connectivity index is 2.78. The Morgan fingerprint density at radius 1 is 1.47 bits per heavy atom. The standard InChI is InChI=1S/C13H12N2O4/c1-8-9(4-3-5-14-8)15-7-12(19-2)11(16)6-10(15)13(17)18/h3-7H,1-2H3,(H,17,18). The Hall–Kier alpha value is -2.63. The van der Waals surface area contributed by atoms with Crippen molar-refractivity contribution >= 4 is 5.97 Å². The van der Waals surface area contributed by atoms with Gasteiger partial charge in [-0.2, -0.15) is 0 Å². The van der Waals surface area contributed by atoms with Crippen LogP contribution < -0.4 is 10.2 Å². The van der Waals surface area contributed by atoms with Gasteiger partial charge in [-0.15, -0.1) is 0 Å². The van der Waals surface area contributed by atoms with Crippen molar-refractivity contribution < 1.29 is 14.6 Å². The minimum absolute atomic E-state index is 0.0771. The first-order valence-electron chi connectivity index (χ1n) is 5.50. The highest BCUT2D eigenvalue weighted by Gasteiger charge is 2.15. The molecule has 2 aromatic heterocycles. The van der Waals surface area contributed by atoms with E-state index in [0.29, 0.717) is 11.4 Å². The van der Waals surface area contributed by atoms with Crippen LogP contribution in [-0.2, 0) is 0 Å². The molecule has 0 saturated heterocycles. The van der Waals surface area contributed by atoms with Crippen LogP contribution in [0.3, 0.4) is 0 Å². The maximum atomic E-state index is 11.6. The Labute approximate surface area is 108 Å². The van der Waals surface area contributed by atoms with Gasteiger partial charge in [-0.05, 0) is 19.1 Å². The second-order valence-electron chi connectivity index (χ2n) is 3.87. The quantitative estimate of drug-likeness (QED) is 0.898. The number of carboxylic acid groups (broad SMARTS) is 1. The minimum Gasteiger partial charge on any atom is -0.491 e. The number of hydrogen-bond donors (Lipinski definition) is 1. The first kappa shape index (κ1) is 12.8. The molecule has 0 unspecified atom stereocenters. The van der Waals surface area contributed by atoms with Crippen LogP contribution in [0.1, 0.15) is 16.2 Å². The molecule has 6 nitrogen and oxygen atoms in total. The van der Waals surface area contributed by atoms with E-state index in [-0.39, 0.29) is 11.4 Å². The van der Waals surface area contributed by atoms with E-state index >= 15 is 0 Å². The van der Waals surface area contributed by atoms with Crippen molar-refractivity contribution in [1.82, 2.24) is 9.55 Å². The van der Waals surface area contributed by atoms with Gasteiger partial charge in [0.05, 0.1) is 24.7 Å². The Kier molecular flexibility index (Phi) is 3.33. The van der Waals surface area contributed by atoms with E-state index in [9.17, 15) is 14.7 Å². The van der Waals surface area contributed by atoms with E-state index in [4.69, 9.17) is 4.74 Å². The summed E-state index contributed by atoms with van der Waals surface area (Å²) in [4.78, 5) is 27.0. The normalized spacial score (nSPS) is 10.2. The Morgan fingerprint density at radius 3 is 2.79 bits per heavy atom. The van der Waals surface area contributed by atoms with Gasteiger partial charge in [0.25, 0.3) is 0 Å². The van der Waals surface area contributed by atoms with Crippen LogP contribution >= 0.6 is 0 Å². The molecule has 0 radical (unpaired) electrons. The van der Waals surface area contributed by atoms with E-state index < -0.39 is 11.4 Å². The van der Waals surface area contributed by atoms with Gasteiger partial charge in [0.2, 0.25) is 5.43 Å². The average Bonchev–Trinajstić information content (AvgIpc) is 2.39. The van der Waals surface area contributed by atoms with E-state index in [1.807, 2.05) is 0 Å². The molecule has 0 saturated carbocycles. The number of aryl methyl sites for hydroxylation is 1. The lowest BCUT2D eigenvalue weighted by molar-refractivity contribution is 0.0687. The predicted octanol–water partition coefficient (Wildman–Crippen LogP) is 1.25. The van der Waals surface area contributed by atoms with Crippen LogP contribution in [0.5, 0.6) is 5.75 Å². The fourth-order valence-electron chi connectivity index (χ4n) is 1.76. The lowest BCUT2D eigenvalue weighted by Crippen LogP contribution is -2.17. The summed E-state index contributed by atoms with van der Waals surface area (Å²) < 4.78 is 6.31. The third kappa shape index (κ3) is 2.33. The molecule has 2 aromatic rings. The Morgan fingerprint density at radius 2 is 2.21 bits per heavy atom. The summed E-state index contributed by atoms with van der Waals surface area (Å²) in [5.74, 6) is -1.11. The van der Waals surface area contributed by atoms with Crippen LogP contribution in [0.2, 0.25) is 0 Å². The van der Waals surface area contributed by atoms with Gasteiger partial charge >= 0.3 is 5.97 Å². The first-order valence-corrected chi connectivity index (χ1v) is 5.50. The fourth-order valence-corrected chi connectivity index (χ4v) is 1.76. The number of rotatable bonds is 3. The number of hydrogen-bond acceptors (Lipinski definition) is 4. The smallest absolute Gasteiger partial charge is 0.353 e. The molecule has 0 aliphatic rings. The molecular formula is C13H12N2O4. The molecule has 0 aliphatic carbocycles. The fraction of sp³-hybridized carbons (Fsp3) is 0.154. The van der Waals surface area contributed by atoms with Gasteiger partial charge in [-0.1, -0.05) is 0 Å². The van der Waals surface area contributed by atoms with Crippen LogP contribution in [-0.4, -0.2) is 27.7 Å². The number of pyridine rings is 2. The van der Waals surface area contributed by atoms with E-state index in [2.05, 4.69) is 4.98 Å². The summed E-state index contributed by atoms with van der Waals surface area (Å²) in [5.41, 5.74) is 0.619. The largest absolute Gasteiger partial charge is 0.491 e. The number of carboxylic acids is 1. The minimum atomic E-state index is -1.19. The van der Waals surface area contributed by atoms with E-state index in [0.717, 1.165) is 6.07 Å². The van der Waals surface area contributed by atoms with Crippen molar-refractivity contribution in [2.24, 2.45) is 0 Å². The zero-order chi connectivity index (χ0) is 14.0. The molecule has 2 heterocycles. The monoisotopic (exact) mass is 260 g/mol.